The van der Waals surface area contributed by atoms with E-state index in [1.54, 1.807) is 0 Å². The molecule has 0 aromatic heterocycles. The summed E-state index contributed by atoms with van der Waals surface area (Å²) in [7, 11) is 0. The minimum atomic E-state index is 0.00688. The van der Waals surface area contributed by atoms with Crippen LogP contribution in [-0.4, -0.2) is 44.9 Å². The van der Waals surface area contributed by atoms with Crippen LogP contribution in [0.3, 0.4) is 0 Å². The fourth-order valence-corrected chi connectivity index (χ4v) is 2.54. The van der Waals surface area contributed by atoms with Crippen molar-refractivity contribution in [2.24, 2.45) is 0 Å². The van der Waals surface area contributed by atoms with Crippen LogP contribution in [0.25, 0.3) is 0 Å². The number of ether oxygens (including phenoxy) is 2. The molecule has 0 radical (unpaired) electrons. The first-order valence-electron chi connectivity index (χ1n) is 8.09. The molecule has 0 bridgehead atoms. The van der Waals surface area contributed by atoms with E-state index in [0.29, 0.717) is 26.2 Å². The lowest BCUT2D eigenvalue weighted by atomic mass is 10.1. The lowest BCUT2D eigenvalue weighted by molar-refractivity contribution is -0.124. The summed E-state index contributed by atoms with van der Waals surface area (Å²) >= 11 is 0. The van der Waals surface area contributed by atoms with E-state index in [1.165, 1.54) is 5.56 Å². The Morgan fingerprint density at radius 2 is 2.32 bits per heavy atom. The van der Waals surface area contributed by atoms with E-state index in [2.05, 4.69) is 16.7 Å². The minimum Gasteiger partial charge on any atom is -0.494 e. The SMILES string of the molecule is CCOc1ccccc1CCCNC(=O)C[C@@H]1CNCCO1. The molecule has 0 unspecified atom stereocenters. The highest BCUT2D eigenvalue weighted by Gasteiger charge is 2.16. The number of carbonyl (C=O) groups excluding carboxylic acids is 1. The fraction of sp³-hybridized carbons (Fsp3) is 0.588. The molecule has 22 heavy (non-hydrogen) atoms. The summed E-state index contributed by atoms with van der Waals surface area (Å²) in [5.41, 5.74) is 1.19. The van der Waals surface area contributed by atoms with Crippen LogP contribution in [0.2, 0.25) is 0 Å². The van der Waals surface area contributed by atoms with Gasteiger partial charge >= 0.3 is 0 Å². The van der Waals surface area contributed by atoms with Crippen molar-refractivity contribution in [3.05, 3.63) is 29.8 Å². The molecule has 0 saturated carbocycles. The summed E-state index contributed by atoms with van der Waals surface area (Å²) in [5.74, 6) is 1.00. The number of benzene rings is 1. The first kappa shape index (κ1) is 16.8. The standard InChI is InChI=1S/C17H26N2O3/c1-2-21-16-8-4-3-6-14(16)7-5-9-19-17(20)12-15-13-18-10-11-22-15/h3-4,6,8,15,18H,2,5,7,9-13H2,1H3,(H,19,20)/t15-/m1/s1. The summed E-state index contributed by atoms with van der Waals surface area (Å²) in [6.07, 6.45) is 2.24. The van der Waals surface area contributed by atoms with Gasteiger partial charge < -0.3 is 20.1 Å². The molecule has 1 aliphatic heterocycles. The minimum absolute atomic E-state index is 0.00688. The van der Waals surface area contributed by atoms with Crippen molar-refractivity contribution < 1.29 is 14.3 Å². The number of rotatable bonds is 8. The Labute approximate surface area is 132 Å². The summed E-state index contributed by atoms with van der Waals surface area (Å²) in [6.45, 7) is 5.65. The van der Waals surface area contributed by atoms with Crippen LogP contribution in [0.15, 0.2) is 24.3 Å². The molecular formula is C17H26N2O3. The third kappa shape index (κ3) is 5.66. The number of hydrogen-bond donors (Lipinski definition) is 2. The number of hydrogen-bond acceptors (Lipinski definition) is 4. The molecule has 1 heterocycles. The van der Waals surface area contributed by atoms with Crippen LogP contribution in [-0.2, 0) is 16.0 Å². The molecule has 2 N–H and O–H groups in total. The maximum atomic E-state index is 11.8. The molecule has 1 amide bonds. The van der Waals surface area contributed by atoms with E-state index in [9.17, 15) is 4.79 Å². The number of morpholine rings is 1. The van der Waals surface area contributed by atoms with Gasteiger partial charge in [-0.15, -0.1) is 0 Å². The molecule has 1 atom stereocenters. The van der Waals surface area contributed by atoms with Gasteiger partial charge in [0.05, 0.1) is 25.7 Å². The van der Waals surface area contributed by atoms with E-state index < -0.39 is 0 Å². The second-order valence-corrected chi connectivity index (χ2v) is 5.40. The zero-order valence-electron chi connectivity index (χ0n) is 13.3. The maximum absolute atomic E-state index is 11.8. The highest BCUT2D eigenvalue weighted by molar-refractivity contribution is 5.76. The van der Waals surface area contributed by atoms with Gasteiger partial charge in [0, 0.05) is 19.6 Å². The number of para-hydroxylation sites is 1. The Morgan fingerprint density at radius 3 is 3.09 bits per heavy atom. The van der Waals surface area contributed by atoms with Gasteiger partial charge in [0.25, 0.3) is 0 Å². The van der Waals surface area contributed by atoms with E-state index in [1.807, 2.05) is 25.1 Å². The highest BCUT2D eigenvalue weighted by atomic mass is 16.5. The van der Waals surface area contributed by atoms with Crippen LogP contribution in [0, 0.1) is 0 Å². The summed E-state index contributed by atoms with van der Waals surface area (Å²) in [5, 5.41) is 6.19. The van der Waals surface area contributed by atoms with Gasteiger partial charge in [-0.05, 0) is 31.4 Å². The van der Waals surface area contributed by atoms with Gasteiger partial charge in [0.15, 0.2) is 0 Å². The quantitative estimate of drug-likeness (QED) is 0.715. The molecule has 1 aromatic carbocycles. The third-order valence-electron chi connectivity index (χ3n) is 3.63. The van der Waals surface area contributed by atoms with Gasteiger partial charge in [0.2, 0.25) is 5.91 Å². The highest BCUT2D eigenvalue weighted by Crippen LogP contribution is 2.19. The molecule has 1 fully saturated rings. The smallest absolute Gasteiger partial charge is 0.222 e. The average molecular weight is 306 g/mol. The number of carbonyl (C=O) groups is 1. The summed E-state index contributed by atoms with van der Waals surface area (Å²) in [6, 6.07) is 8.07. The molecule has 1 aliphatic rings. The molecule has 0 spiro atoms. The average Bonchev–Trinajstić information content (AvgIpc) is 2.54. The first-order valence-corrected chi connectivity index (χ1v) is 8.09. The predicted octanol–water partition coefficient (Wildman–Crippen LogP) is 1.51. The van der Waals surface area contributed by atoms with Crippen LogP contribution in [0.4, 0.5) is 0 Å². The van der Waals surface area contributed by atoms with Crippen molar-refractivity contribution in [2.75, 3.05) is 32.8 Å². The van der Waals surface area contributed by atoms with E-state index >= 15 is 0 Å². The molecule has 5 nitrogen and oxygen atoms in total. The Morgan fingerprint density at radius 1 is 1.45 bits per heavy atom. The Bertz CT molecular complexity index is 459. The molecule has 0 aliphatic carbocycles. The van der Waals surface area contributed by atoms with Gasteiger partial charge in [-0.1, -0.05) is 18.2 Å². The zero-order chi connectivity index (χ0) is 15.6. The van der Waals surface area contributed by atoms with Gasteiger partial charge in [-0.3, -0.25) is 4.79 Å². The molecule has 1 saturated heterocycles. The molecule has 122 valence electrons. The van der Waals surface area contributed by atoms with Crippen molar-refractivity contribution in [3.8, 4) is 5.75 Å². The monoisotopic (exact) mass is 306 g/mol. The molecule has 2 rings (SSSR count). The number of nitrogens with one attached hydrogen (secondary N) is 2. The second-order valence-electron chi connectivity index (χ2n) is 5.40. The fourth-order valence-electron chi connectivity index (χ4n) is 2.54. The van der Waals surface area contributed by atoms with Crippen LogP contribution >= 0.6 is 0 Å². The molecule has 1 aromatic rings. The van der Waals surface area contributed by atoms with Crippen LogP contribution < -0.4 is 15.4 Å². The first-order chi connectivity index (χ1) is 10.8. The Balaban J connectivity index is 1.65. The zero-order valence-corrected chi connectivity index (χ0v) is 13.3. The number of aryl methyl sites for hydroxylation is 1. The van der Waals surface area contributed by atoms with Gasteiger partial charge in [0.1, 0.15) is 5.75 Å². The topological polar surface area (TPSA) is 59.6 Å². The Hall–Kier alpha value is -1.59. The van der Waals surface area contributed by atoms with E-state index in [0.717, 1.165) is 31.7 Å². The van der Waals surface area contributed by atoms with Gasteiger partial charge in [-0.25, -0.2) is 0 Å². The van der Waals surface area contributed by atoms with E-state index in [-0.39, 0.29) is 12.0 Å². The van der Waals surface area contributed by atoms with Crippen LogP contribution in [0.1, 0.15) is 25.3 Å². The van der Waals surface area contributed by atoms with Crippen LogP contribution in [0.5, 0.6) is 5.75 Å². The lowest BCUT2D eigenvalue weighted by Crippen LogP contribution is -2.41. The third-order valence-corrected chi connectivity index (χ3v) is 3.63. The largest absolute Gasteiger partial charge is 0.494 e. The van der Waals surface area contributed by atoms with Crippen molar-refractivity contribution in [1.29, 1.82) is 0 Å². The second kappa shape index (κ2) is 9.43. The van der Waals surface area contributed by atoms with Crippen molar-refractivity contribution in [1.82, 2.24) is 10.6 Å². The normalized spacial score (nSPS) is 18.0. The van der Waals surface area contributed by atoms with E-state index in [4.69, 9.17) is 9.47 Å². The Kier molecular flexibility index (Phi) is 7.19. The van der Waals surface area contributed by atoms with Gasteiger partial charge in [-0.2, -0.15) is 0 Å². The summed E-state index contributed by atoms with van der Waals surface area (Å²) in [4.78, 5) is 11.8. The maximum Gasteiger partial charge on any atom is 0.222 e. The molecular weight excluding hydrogens is 280 g/mol. The predicted molar refractivity (Wildman–Crippen MR) is 86.2 cm³/mol. The van der Waals surface area contributed by atoms with Crippen molar-refractivity contribution >= 4 is 5.91 Å². The molecule has 5 heteroatoms. The van der Waals surface area contributed by atoms with Crippen molar-refractivity contribution in [3.63, 3.8) is 0 Å². The summed E-state index contributed by atoms with van der Waals surface area (Å²) < 4.78 is 11.1. The van der Waals surface area contributed by atoms with Crippen molar-refractivity contribution in [2.45, 2.75) is 32.3 Å². The lowest BCUT2D eigenvalue weighted by Gasteiger charge is -2.23. The number of amides is 1.